The van der Waals surface area contributed by atoms with Crippen LogP contribution in [0.4, 0.5) is 0 Å². The minimum absolute atomic E-state index is 0.0920. The van der Waals surface area contributed by atoms with Crippen LogP contribution in [0, 0.1) is 12.8 Å². The summed E-state index contributed by atoms with van der Waals surface area (Å²) in [4.78, 5) is 16.8. The summed E-state index contributed by atoms with van der Waals surface area (Å²) in [6, 6.07) is 8.22. The Balaban J connectivity index is 1.81. The number of phenolic OH excluding ortho intramolecular Hbond substituents is 1. The number of phenols is 1. The molecule has 0 bridgehead atoms. The van der Waals surface area contributed by atoms with Crippen LogP contribution in [0.5, 0.6) is 11.6 Å². The van der Waals surface area contributed by atoms with Crippen molar-refractivity contribution in [2.45, 2.75) is 31.9 Å². The van der Waals surface area contributed by atoms with Gasteiger partial charge in [-0.1, -0.05) is 12.1 Å². The van der Waals surface area contributed by atoms with Crippen molar-refractivity contribution in [2.24, 2.45) is 5.92 Å². The molecule has 132 valence electrons. The van der Waals surface area contributed by atoms with E-state index in [1.165, 1.54) is 6.07 Å². The maximum Gasteiger partial charge on any atom is 0.251 e. The Morgan fingerprint density at radius 2 is 2.08 bits per heavy atom. The highest BCUT2D eigenvalue weighted by atomic mass is 16.5. The Morgan fingerprint density at radius 3 is 2.64 bits per heavy atom. The predicted octanol–water partition coefficient (Wildman–Crippen LogP) is 2.35. The summed E-state index contributed by atoms with van der Waals surface area (Å²) in [7, 11) is 1.55. The number of methoxy groups -OCH3 is 1. The van der Waals surface area contributed by atoms with E-state index < -0.39 is 0 Å². The topological polar surface area (TPSA) is 91.7 Å². The molecule has 6 nitrogen and oxygen atoms in total. The molecular formula is C19H22N2O4. The highest BCUT2D eigenvalue weighted by molar-refractivity contribution is 5.95. The van der Waals surface area contributed by atoms with Crippen LogP contribution in [-0.2, 0) is 0 Å². The minimum Gasteiger partial charge on any atom is -0.508 e. The zero-order chi connectivity index (χ0) is 18.0. The van der Waals surface area contributed by atoms with E-state index in [4.69, 9.17) is 4.74 Å². The first kappa shape index (κ1) is 17.2. The Hall–Kier alpha value is -2.60. The number of aliphatic hydroxyl groups excluding tert-OH is 1. The third-order valence-electron chi connectivity index (χ3n) is 4.71. The number of carbonyl (C=O) groups is 1. The van der Waals surface area contributed by atoms with E-state index in [2.05, 4.69) is 10.3 Å². The summed E-state index contributed by atoms with van der Waals surface area (Å²) in [6.45, 7) is 1.78. The van der Waals surface area contributed by atoms with Crippen molar-refractivity contribution < 1.29 is 19.7 Å². The predicted molar refractivity (Wildman–Crippen MR) is 92.6 cm³/mol. The molecular weight excluding hydrogens is 320 g/mol. The van der Waals surface area contributed by atoms with Crippen LogP contribution in [0.2, 0.25) is 0 Å². The molecule has 25 heavy (non-hydrogen) atoms. The van der Waals surface area contributed by atoms with Crippen LogP contribution in [0.15, 0.2) is 36.5 Å². The van der Waals surface area contributed by atoms with Gasteiger partial charge in [0, 0.05) is 17.8 Å². The number of hydrogen-bond acceptors (Lipinski definition) is 5. The maximum atomic E-state index is 12.6. The number of aryl methyl sites for hydroxylation is 1. The number of carbonyl (C=O) groups excluding carboxylic acids is 1. The summed E-state index contributed by atoms with van der Waals surface area (Å²) in [5.74, 6) is 0.478. The molecule has 6 heteroatoms. The summed E-state index contributed by atoms with van der Waals surface area (Å²) in [5.41, 5.74) is 1.98. The molecule has 1 unspecified atom stereocenters. The summed E-state index contributed by atoms with van der Waals surface area (Å²) < 4.78 is 5.08. The Morgan fingerprint density at radius 1 is 1.32 bits per heavy atom. The van der Waals surface area contributed by atoms with E-state index >= 15 is 0 Å². The van der Waals surface area contributed by atoms with Crippen molar-refractivity contribution in [1.82, 2.24) is 10.3 Å². The number of aliphatic hydroxyl groups is 1. The second kappa shape index (κ2) is 7.11. The first-order chi connectivity index (χ1) is 12.0. The molecule has 1 fully saturated rings. The average Bonchev–Trinajstić information content (AvgIpc) is 2.59. The number of rotatable bonds is 5. The lowest BCUT2D eigenvalue weighted by Gasteiger charge is -2.38. The first-order valence-electron chi connectivity index (χ1n) is 8.26. The molecule has 1 aromatic carbocycles. The molecule has 1 aliphatic carbocycles. The number of benzene rings is 1. The molecule has 3 rings (SSSR count). The number of aromatic nitrogens is 1. The van der Waals surface area contributed by atoms with E-state index in [0.29, 0.717) is 24.3 Å². The standard InChI is InChI=1S/C19H22N2O4/c1-11-3-4-12(9-16(11)23)19(24)21-18(14-7-15(22)8-14)13-5-6-17(25-2)20-10-13/h3-6,9-10,14-15,18,22-23H,7-8H2,1-2H3,(H,21,24). The van der Waals surface area contributed by atoms with Gasteiger partial charge in [0.1, 0.15) is 5.75 Å². The van der Waals surface area contributed by atoms with Crippen LogP contribution >= 0.6 is 0 Å². The van der Waals surface area contributed by atoms with Gasteiger partial charge in [0.25, 0.3) is 5.91 Å². The summed E-state index contributed by atoms with van der Waals surface area (Å²) in [6.07, 6.45) is 2.63. The lowest BCUT2D eigenvalue weighted by Crippen LogP contribution is -2.41. The van der Waals surface area contributed by atoms with Gasteiger partial charge in [-0.25, -0.2) is 4.98 Å². The zero-order valence-electron chi connectivity index (χ0n) is 14.3. The lowest BCUT2D eigenvalue weighted by atomic mass is 9.75. The normalized spacial score (nSPS) is 20.4. The third kappa shape index (κ3) is 3.74. The summed E-state index contributed by atoms with van der Waals surface area (Å²) in [5, 5.41) is 22.5. The zero-order valence-corrected chi connectivity index (χ0v) is 14.3. The molecule has 1 aliphatic rings. The van der Waals surface area contributed by atoms with Gasteiger partial charge in [-0.3, -0.25) is 4.79 Å². The highest BCUT2D eigenvalue weighted by Gasteiger charge is 2.36. The second-order valence-electron chi connectivity index (χ2n) is 6.47. The minimum atomic E-state index is -0.320. The van der Waals surface area contributed by atoms with Crippen LogP contribution in [0.1, 0.15) is 40.4 Å². The number of ether oxygens (including phenoxy) is 1. The fraction of sp³-hybridized carbons (Fsp3) is 0.368. The molecule has 3 N–H and O–H groups in total. The Kier molecular flexibility index (Phi) is 4.90. The van der Waals surface area contributed by atoms with Gasteiger partial charge >= 0.3 is 0 Å². The van der Waals surface area contributed by atoms with Crippen molar-refractivity contribution >= 4 is 5.91 Å². The van der Waals surface area contributed by atoms with Crippen LogP contribution in [-0.4, -0.2) is 34.3 Å². The smallest absolute Gasteiger partial charge is 0.251 e. The first-order valence-corrected chi connectivity index (χ1v) is 8.26. The molecule has 1 saturated carbocycles. The van der Waals surface area contributed by atoms with Gasteiger partial charge in [0.2, 0.25) is 5.88 Å². The number of pyridine rings is 1. The second-order valence-corrected chi connectivity index (χ2v) is 6.47. The van der Waals surface area contributed by atoms with Crippen molar-refractivity contribution in [3.05, 3.63) is 53.2 Å². The van der Waals surface area contributed by atoms with E-state index in [0.717, 1.165) is 11.1 Å². The number of nitrogens with zero attached hydrogens (tertiary/aromatic N) is 1. The van der Waals surface area contributed by atoms with Crippen LogP contribution in [0.25, 0.3) is 0 Å². The molecule has 0 spiro atoms. The number of amides is 1. The summed E-state index contributed by atoms with van der Waals surface area (Å²) >= 11 is 0. The third-order valence-corrected chi connectivity index (χ3v) is 4.71. The van der Waals surface area contributed by atoms with Gasteiger partial charge in [0.15, 0.2) is 0 Å². The number of nitrogens with one attached hydrogen (secondary N) is 1. The molecule has 1 atom stereocenters. The van der Waals surface area contributed by atoms with Crippen molar-refractivity contribution in [2.75, 3.05) is 7.11 Å². The molecule has 0 radical (unpaired) electrons. The Labute approximate surface area is 146 Å². The molecule has 1 amide bonds. The van der Waals surface area contributed by atoms with Crippen LogP contribution < -0.4 is 10.1 Å². The van der Waals surface area contributed by atoms with E-state index in [-0.39, 0.29) is 29.7 Å². The molecule has 2 aromatic rings. The van der Waals surface area contributed by atoms with Gasteiger partial charge in [0.05, 0.1) is 19.3 Å². The Bertz CT molecular complexity index is 755. The fourth-order valence-electron chi connectivity index (χ4n) is 3.05. The van der Waals surface area contributed by atoms with E-state index in [9.17, 15) is 15.0 Å². The van der Waals surface area contributed by atoms with Crippen molar-refractivity contribution in [1.29, 1.82) is 0 Å². The van der Waals surface area contributed by atoms with Crippen molar-refractivity contribution in [3.8, 4) is 11.6 Å². The maximum absolute atomic E-state index is 12.6. The highest BCUT2D eigenvalue weighted by Crippen LogP contribution is 2.38. The number of aromatic hydroxyl groups is 1. The number of hydrogen-bond donors (Lipinski definition) is 3. The quantitative estimate of drug-likeness (QED) is 0.776. The molecule has 1 aromatic heterocycles. The van der Waals surface area contributed by atoms with Crippen molar-refractivity contribution in [3.63, 3.8) is 0 Å². The molecule has 0 saturated heterocycles. The SMILES string of the molecule is COc1ccc(C(NC(=O)c2ccc(C)c(O)c2)C2CC(O)C2)cn1. The van der Waals surface area contributed by atoms with Crippen LogP contribution in [0.3, 0.4) is 0 Å². The monoisotopic (exact) mass is 342 g/mol. The fourth-order valence-corrected chi connectivity index (χ4v) is 3.05. The van der Waals surface area contributed by atoms with Gasteiger partial charge in [-0.15, -0.1) is 0 Å². The lowest BCUT2D eigenvalue weighted by molar-refractivity contribution is 0.0234. The van der Waals surface area contributed by atoms with Gasteiger partial charge in [-0.2, -0.15) is 0 Å². The molecule has 1 heterocycles. The largest absolute Gasteiger partial charge is 0.508 e. The molecule has 0 aliphatic heterocycles. The van der Waals surface area contributed by atoms with E-state index in [1.54, 1.807) is 38.4 Å². The van der Waals surface area contributed by atoms with E-state index in [1.807, 2.05) is 6.07 Å². The van der Waals surface area contributed by atoms with Gasteiger partial charge in [-0.05, 0) is 48.9 Å². The van der Waals surface area contributed by atoms with Gasteiger partial charge < -0.3 is 20.3 Å². The average molecular weight is 342 g/mol.